The van der Waals surface area contributed by atoms with Crippen molar-refractivity contribution in [1.82, 2.24) is 0 Å². The largest absolute Gasteiger partial charge is 0.478 e. The molecule has 2 nitrogen and oxygen atoms in total. The summed E-state index contributed by atoms with van der Waals surface area (Å²) in [5.74, 6) is -1.18. The summed E-state index contributed by atoms with van der Waals surface area (Å²) in [6, 6.07) is 6.22. The number of rotatable bonds is 8. The highest BCUT2D eigenvalue weighted by Crippen LogP contribution is 2.17. The van der Waals surface area contributed by atoms with Crippen LogP contribution in [0.15, 0.2) is 41.5 Å². The standard InChI is InChI=1S/C18H23FO2/c1-3-4-5-6-7-16(12-14(2)18(20)21)13-15-8-10-17(19)11-9-15/h8-13H,3-7H2,1-2H3,(H,20,21)/b14-12+,16-13+. The molecule has 0 saturated heterocycles. The monoisotopic (exact) mass is 290 g/mol. The van der Waals surface area contributed by atoms with Gasteiger partial charge in [-0.05, 0) is 49.1 Å². The zero-order valence-corrected chi connectivity index (χ0v) is 12.7. The van der Waals surface area contributed by atoms with Crippen molar-refractivity contribution >= 4 is 12.0 Å². The number of hydrogen-bond donors (Lipinski definition) is 1. The van der Waals surface area contributed by atoms with Crippen LogP contribution >= 0.6 is 0 Å². The van der Waals surface area contributed by atoms with E-state index < -0.39 is 5.97 Å². The fourth-order valence-electron chi connectivity index (χ4n) is 2.05. The second kappa shape index (κ2) is 9.11. The van der Waals surface area contributed by atoms with Crippen molar-refractivity contribution in [2.24, 2.45) is 0 Å². The van der Waals surface area contributed by atoms with Gasteiger partial charge in [-0.1, -0.05) is 44.4 Å². The fourth-order valence-corrected chi connectivity index (χ4v) is 2.05. The quantitative estimate of drug-likeness (QED) is 0.405. The van der Waals surface area contributed by atoms with Crippen LogP contribution < -0.4 is 0 Å². The molecule has 1 rings (SSSR count). The van der Waals surface area contributed by atoms with Crippen LogP contribution in [-0.4, -0.2) is 11.1 Å². The van der Waals surface area contributed by atoms with Crippen molar-refractivity contribution < 1.29 is 14.3 Å². The molecule has 1 aromatic rings. The van der Waals surface area contributed by atoms with Gasteiger partial charge < -0.3 is 5.11 Å². The molecule has 0 aromatic heterocycles. The van der Waals surface area contributed by atoms with Gasteiger partial charge in [-0.25, -0.2) is 9.18 Å². The Labute approximate surface area is 126 Å². The minimum atomic E-state index is -0.909. The minimum Gasteiger partial charge on any atom is -0.478 e. The van der Waals surface area contributed by atoms with E-state index >= 15 is 0 Å². The Morgan fingerprint density at radius 2 is 1.86 bits per heavy atom. The Kier molecular flexibility index (Phi) is 7.44. The third kappa shape index (κ3) is 6.89. The van der Waals surface area contributed by atoms with Crippen LogP contribution in [-0.2, 0) is 4.79 Å². The molecule has 0 bridgehead atoms. The van der Waals surface area contributed by atoms with Crippen LogP contribution in [0, 0.1) is 5.82 Å². The van der Waals surface area contributed by atoms with Gasteiger partial charge in [0.25, 0.3) is 0 Å². The summed E-state index contributed by atoms with van der Waals surface area (Å²) in [4.78, 5) is 11.0. The van der Waals surface area contributed by atoms with Gasteiger partial charge in [0.05, 0.1) is 0 Å². The average molecular weight is 290 g/mol. The minimum absolute atomic E-state index is 0.270. The fraction of sp³-hybridized carbons (Fsp3) is 0.389. The van der Waals surface area contributed by atoms with Gasteiger partial charge in [-0.15, -0.1) is 0 Å². The second-order valence-corrected chi connectivity index (χ2v) is 5.21. The van der Waals surface area contributed by atoms with E-state index in [-0.39, 0.29) is 5.82 Å². The molecule has 3 heteroatoms. The Hall–Kier alpha value is -1.90. The number of aliphatic carboxylic acids is 1. The topological polar surface area (TPSA) is 37.3 Å². The number of carboxylic acids is 1. The number of hydrogen-bond acceptors (Lipinski definition) is 1. The third-order valence-electron chi connectivity index (χ3n) is 3.28. The molecule has 21 heavy (non-hydrogen) atoms. The van der Waals surface area contributed by atoms with E-state index in [0.29, 0.717) is 5.57 Å². The van der Waals surface area contributed by atoms with Gasteiger partial charge >= 0.3 is 5.97 Å². The maximum atomic E-state index is 12.9. The normalized spacial score (nSPS) is 12.5. The molecule has 0 aliphatic heterocycles. The van der Waals surface area contributed by atoms with Crippen LogP contribution in [0.3, 0.4) is 0 Å². The first kappa shape index (κ1) is 17.2. The molecule has 0 unspecified atom stereocenters. The molecular formula is C18H23FO2. The number of benzene rings is 1. The lowest BCUT2D eigenvalue weighted by Gasteiger charge is -2.05. The first-order valence-electron chi connectivity index (χ1n) is 7.40. The van der Waals surface area contributed by atoms with Crippen molar-refractivity contribution in [2.45, 2.75) is 46.0 Å². The summed E-state index contributed by atoms with van der Waals surface area (Å²) in [7, 11) is 0. The molecular weight excluding hydrogens is 267 g/mol. The summed E-state index contributed by atoms with van der Waals surface area (Å²) < 4.78 is 12.9. The molecule has 114 valence electrons. The third-order valence-corrected chi connectivity index (χ3v) is 3.28. The van der Waals surface area contributed by atoms with Crippen molar-refractivity contribution in [3.05, 3.63) is 52.9 Å². The molecule has 0 heterocycles. The van der Waals surface area contributed by atoms with E-state index in [0.717, 1.165) is 30.4 Å². The Morgan fingerprint density at radius 1 is 1.19 bits per heavy atom. The molecule has 0 amide bonds. The molecule has 0 fully saturated rings. The lowest BCUT2D eigenvalue weighted by Crippen LogP contribution is -1.97. The average Bonchev–Trinajstić information content (AvgIpc) is 2.45. The van der Waals surface area contributed by atoms with Crippen molar-refractivity contribution in [3.63, 3.8) is 0 Å². The Balaban J connectivity index is 2.86. The lowest BCUT2D eigenvalue weighted by atomic mass is 10.0. The maximum Gasteiger partial charge on any atom is 0.331 e. The SMILES string of the molecule is CCCCCCC(=C\c1ccc(F)cc1)/C=C(\C)C(=O)O. The van der Waals surface area contributed by atoms with Crippen LogP contribution in [0.5, 0.6) is 0 Å². The lowest BCUT2D eigenvalue weighted by molar-refractivity contribution is -0.132. The second-order valence-electron chi connectivity index (χ2n) is 5.21. The van der Waals surface area contributed by atoms with E-state index in [1.54, 1.807) is 25.1 Å². The Bertz CT molecular complexity index is 513. The summed E-state index contributed by atoms with van der Waals surface area (Å²) >= 11 is 0. The summed E-state index contributed by atoms with van der Waals surface area (Å²) in [5.41, 5.74) is 2.17. The molecule has 0 atom stereocenters. The van der Waals surface area contributed by atoms with Gasteiger partial charge in [0.15, 0.2) is 0 Å². The van der Waals surface area contributed by atoms with E-state index in [4.69, 9.17) is 5.11 Å². The Morgan fingerprint density at radius 3 is 2.43 bits per heavy atom. The van der Waals surface area contributed by atoms with Gasteiger partial charge in [0.2, 0.25) is 0 Å². The smallest absolute Gasteiger partial charge is 0.331 e. The molecule has 0 aliphatic carbocycles. The van der Waals surface area contributed by atoms with Crippen LogP contribution in [0.25, 0.3) is 6.08 Å². The van der Waals surface area contributed by atoms with Crippen molar-refractivity contribution in [1.29, 1.82) is 0 Å². The van der Waals surface area contributed by atoms with E-state index in [1.807, 2.05) is 6.08 Å². The number of carbonyl (C=O) groups is 1. The first-order chi connectivity index (χ1) is 10.0. The molecule has 0 radical (unpaired) electrons. The predicted octanol–water partition coefficient (Wildman–Crippen LogP) is 5.21. The van der Waals surface area contributed by atoms with Gasteiger partial charge in [-0.2, -0.15) is 0 Å². The highest BCUT2D eigenvalue weighted by molar-refractivity contribution is 5.86. The van der Waals surface area contributed by atoms with Crippen molar-refractivity contribution in [3.8, 4) is 0 Å². The first-order valence-corrected chi connectivity index (χ1v) is 7.40. The maximum absolute atomic E-state index is 12.9. The number of halogens is 1. The predicted molar refractivity (Wildman–Crippen MR) is 84.5 cm³/mol. The summed E-state index contributed by atoms with van der Waals surface area (Å²) in [6.07, 6.45) is 8.99. The molecule has 1 N–H and O–H groups in total. The van der Waals surface area contributed by atoms with Crippen LogP contribution in [0.2, 0.25) is 0 Å². The molecule has 0 spiro atoms. The summed E-state index contributed by atoms with van der Waals surface area (Å²) in [5, 5.41) is 9.00. The van der Waals surface area contributed by atoms with Gasteiger partial charge in [0.1, 0.15) is 5.82 Å². The number of carboxylic acid groups (broad SMARTS) is 1. The summed E-state index contributed by atoms with van der Waals surface area (Å²) in [6.45, 7) is 3.75. The highest BCUT2D eigenvalue weighted by atomic mass is 19.1. The van der Waals surface area contributed by atoms with Crippen molar-refractivity contribution in [2.75, 3.05) is 0 Å². The molecule has 1 aromatic carbocycles. The zero-order valence-electron chi connectivity index (χ0n) is 12.7. The number of allylic oxidation sites excluding steroid dienone is 2. The number of unbranched alkanes of at least 4 members (excludes halogenated alkanes) is 3. The van der Waals surface area contributed by atoms with Gasteiger partial charge in [-0.3, -0.25) is 0 Å². The van der Waals surface area contributed by atoms with Crippen LogP contribution in [0.1, 0.15) is 51.5 Å². The highest BCUT2D eigenvalue weighted by Gasteiger charge is 2.03. The van der Waals surface area contributed by atoms with E-state index in [9.17, 15) is 9.18 Å². The zero-order chi connectivity index (χ0) is 15.7. The van der Waals surface area contributed by atoms with E-state index in [2.05, 4.69) is 6.92 Å². The molecule has 0 aliphatic rings. The van der Waals surface area contributed by atoms with Crippen LogP contribution in [0.4, 0.5) is 4.39 Å². The van der Waals surface area contributed by atoms with Gasteiger partial charge in [0, 0.05) is 5.57 Å². The molecule has 0 saturated carbocycles. The van der Waals surface area contributed by atoms with E-state index in [1.165, 1.54) is 25.0 Å².